The molecule has 6 heteroatoms. The van der Waals surface area contributed by atoms with Crippen molar-refractivity contribution in [2.45, 2.75) is 13.3 Å². The molecule has 0 bridgehead atoms. The molecule has 0 aliphatic rings. The molecule has 0 fully saturated rings. The van der Waals surface area contributed by atoms with Crippen LogP contribution in [-0.4, -0.2) is 42.3 Å². The first-order valence-corrected chi connectivity index (χ1v) is 6.16. The van der Waals surface area contributed by atoms with Crippen LogP contribution in [0.3, 0.4) is 0 Å². The van der Waals surface area contributed by atoms with E-state index in [0.717, 1.165) is 18.2 Å². The van der Waals surface area contributed by atoms with Gasteiger partial charge in [-0.05, 0) is 37.1 Å². The topological polar surface area (TPSA) is 52.6 Å². The minimum absolute atomic E-state index is 0.111. The largest absolute Gasteiger partial charge is 0.395 e. The minimum atomic E-state index is -0.502. The van der Waals surface area contributed by atoms with Crippen LogP contribution in [0.1, 0.15) is 12.5 Å². The van der Waals surface area contributed by atoms with Gasteiger partial charge < -0.3 is 15.3 Å². The molecule has 0 atom stereocenters. The highest BCUT2D eigenvalue weighted by Gasteiger charge is 2.10. The zero-order chi connectivity index (χ0) is 14.3. The summed E-state index contributed by atoms with van der Waals surface area (Å²) in [5.74, 6) is -0.989. The van der Waals surface area contributed by atoms with Crippen LogP contribution in [0.5, 0.6) is 0 Å². The zero-order valence-electron chi connectivity index (χ0n) is 10.8. The fourth-order valence-electron chi connectivity index (χ4n) is 1.67. The Balaban J connectivity index is 2.45. The van der Waals surface area contributed by atoms with Crippen LogP contribution in [0.25, 0.3) is 0 Å². The standard InChI is InChI=1S/C13H18F2N2O2/c1-2-17(7-8-18)13(19)16-6-5-10-9-11(14)3-4-12(10)15/h3-4,9,18H,2,5-8H2,1H3,(H,16,19). The van der Waals surface area contributed by atoms with Crippen molar-refractivity contribution in [3.05, 3.63) is 35.4 Å². The highest BCUT2D eigenvalue weighted by Crippen LogP contribution is 2.09. The number of carbonyl (C=O) groups excluding carboxylic acids is 1. The van der Waals surface area contributed by atoms with Gasteiger partial charge in [0, 0.05) is 19.6 Å². The van der Waals surface area contributed by atoms with Gasteiger partial charge in [0.25, 0.3) is 0 Å². The second-order valence-corrected chi connectivity index (χ2v) is 4.02. The molecule has 1 aromatic rings. The molecule has 0 aliphatic carbocycles. The van der Waals surface area contributed by atoms with Gasteiger partial charge in [-0.25, -0.2) is 13.6 Å². The van der Waals surface area contributed by atoms with Crippen LogP contribution in [0.2, 0.25) is 0 Å². The highest BCUT2D eigenvalue weighted by atomic mass is 19.1. The van der Waals surface area contributed by atoms with E-state index in [9.17, 15) is 13.6 Å². The number of rotatable bonds is 6. The Bertz CT molecular complexity index is 427. The molecule has 106 valence electrons. The second kappa shape index (κ2) is 7.68. The number of nitrogens with zero attached hydrogens (tertiary/aromatic N) is 1. The molecule has 0 aromatic heterocycles. The summed E-state index contributed by atoms with van der Waals surface area (Å²) < 4.78 is 26.2. The Kier molecular flexibility index (Phi) is 6.21. The Hall–Kier alpha value is -1.69. The monoisotopic (exact) mass is 272 g/mol. The van der Waals surface area contributed by atoms with Crippen molar-refractivity contribution in [1.82, 2.24) is 10.2 Å². The molecule has 0 unspecified atom stereocenters. The molecule has 1 aromatic carbocycles. The van der Waals surface area contributed by atoms with Crippen LogP contribution in [0, 0.1) is 11.6 Å². The molecule has 2 amide bonds. The van der Waals surface area contributed by atoms with Crippen molar-refractivity contribution < 1.29 is 18.7 Å². The summed E-state index contributed by atoms with van der Waals surface area (Å²) in [4.78, 5) is 13.1. The molecule has 0 heterocycles. The molecular formula is C13H18F2N2O2. The van der Waals surface area contributed by atoms with Crippen molar-refractivity contribution in [3.8, 4) is 0 Å². The molecule has 0 saturated carbocycles. The number of amides is 2. The normalized spacial score (nSPS) is 10.3. The van der Waals surface area contributed by atoms with Gasteiger partial charge in [-0.3, -0.25) is 0 Å². The number of carbonyl (C=O) groups is 1. The van der Waals surface area contributed by atoms with E-state index >= 15 is 0 Å². The lowest BCUT2D eigenvalue weighted by atomic mass is 10.1. The van der Waals surface area contributed by atoms with E-state index in [0.29, 0.717) is 6.54 Å². The Morgan fingerprint density at radius 1 is 1.42 bits per heavy atom. The van der Waals surface area contributed by atoms with Gasteiger partial charge >= 0.3 is 6.03 Å². The van der Waals surface area contributed by atoms with E-state index in [1.54, 1.807) is 6.92 Å². The van der Waals surface area contributed by atoms with E-state index in [4.69, 9.17) is 5.11 Å². The number of likely N-dealkylation sites (N-methyl/N-ethyl adjacent to an activating group) is 1. The summed E-state index contributed by atoms with van der Waals surface area (Å²) in [6.45, 7) is 2.61. The van der Waals surface area contributed by atoms with Gasteiger partial charge in [0.1, 0.15) is 11.6 Å². The first kappa shape index (κ1) is 15.4. The summed E-state index contributed by atoms with van der Waals surface area (Å²) in [5, 5.41) is 11.4. The number of urea groups is 1. The van der Waals surface area contributed by atoms with E-state index in [1.165, 1.54) is 4.90 Å². The van der Waals surface area contributed by atoms with Crippen LogP contribution in [0.15, 0.2) is 18.2 Å². The fourth-order valence-corrected chi connectivity index (χ4v) is 1.67. The predicted octanol–water partition coefficient (Wildman–Crippen LogP) is 1.53. The molecule has 2 N–H and O–H groups in total. The average Bonchev–Trinajstić information content (AvgIpc) is 2.39. The fraction of sp³-hybridized carbons (Fsp3) is 0.462. The molecule has 0 radical (unpaired) electrons. The van der Waals surface area contributed by atoms with Crippen LogP contribution >= 0.6 is 0 Å². The van der Waals surface area contributed by atoms with Crippen LogP contribution < -0.4 is 5.32 Å². The van der Waals surface area contributed by atoms with Crippen molar-refractivity contribution >= 4 is 6.03 Å². The lowest BCUT2D eigenvalue weighted by Crippen LogP contribution is -2.42. The molecule has 1 rings (SSSR count). The molecule has 19 heavy (non-hydrogen) atoms. The maximum atomic E-state index is 13.3. The van der Waals surface area contributed by atoms with Gasteiger partial charge in [-0.15, -0.1) is 0 Å². The lowest BCUT2D eigenvalue weighted by Gasteiger charge is -2.20. The summed E-state index contributed by atoms with van der Waals surface area (Å²) in [6.07, 6.45) is 0.214. The third-order valence-electron chi connectivity index (χ3n) is 2.72. The van der Waals surface area contributed by atoms with Gasteiger partial charge in [-0.2, -0.15) is 0 Å². The summed E-state index contributed by atoms with van der Waals surface area (Å²) in [5.41, 5.74) is 0.227. The Morgan fingerprint density at radius 2 is 2.16 bits per heavy atom. The van der Waals surface area contributed by atoms with E-state index in [-0.39, 0.29) is 37.7 Å². The number of aliphatic hydroxyl groups is 1. The summed E-state index contributed by atoms with van der Waals surface area (Å²) >= 11 is 0. The van der Waals surface area contributed by atoms with Crippen molar-refractivity contribution in [1.29, 1.82) is 0 Å². The van der Waals surface area contributed by atoms with E-state index in [2.05, 4.69) is 5.32 Å². The number of halogens is 2. The molecule has 0 spiro atoms. The maximum absolute atomic E-state index is 13.3. The van der Waals surface area contributed by atoms with E-state index in [1.807, 2.05) is 0 Å². The van der Waals surface area contributed by atoms with Gasteiger partial charge in [-0.1, -0.05) is 0 Å². The zero-order valence-corrected chi connectivity index (χ0v) is 10.8. The van der Waals surface area contributed by atoms with Crippen molar-refractivity contribution in [2.24, 2.45) is 0 Å². The first-order valence-electron chi connectivity index (χ1n) is 6.16. The molecule has 0 aliphatic heterocycles. The predicted molar refractivity (Wildman–Crippen MR) is 67.8 cm³/mol. The average molecular weight is 272 g/mol. The van der Waals surface area contributed by atoms with Crippen LogP contribution in [-0.2, 0) is 6.42 Å². The summed E-state index contributed by atoms with van der Waals surface area (Å²) in [7, 11) is 0. The maximum Gasteiger partial charge on any atom is 0.317 e. The van der Waals surface area contributed by atoms with E-state index < -0.39 is 11.6 Å². The quantitative estimate of drug-likeness (QED) is 0.825. The number of benzene rings is 1. The van der Waals surface area contributed by atoms with Gasteiger partial charge in [0.2, 0.25) is 0 Å². The van der Waals surface area contributed by atoms with Crippen molar-refractivity contribution in [2.75, 3.05) is 26.2 Å². The SMILES string of the molecule is CCN(CCO)C(=O)NCCc1cc(F)ccc1F. The van der Waals surface area contributed by atoms with Gasteiger partial charge in [0.15, 0.2) is 0 Å². The number of nitrogens with one attached hydrogen (secondary N) is 1. The molecular weight excluding hydrogens is 254 g/mol. The smallest absolute Gasteiger partial charge is 0.317 e. The number of hydrogen-bond donors (Lipinski definition) is 2. The lowest BCUT2D eigenvalue weighted by molar-refractivity contribution is 0.180. The summed E-state index contributed by atoms with van der Waals surface area (Å²) in [6, 6.07) is 2.91. The Labute approximate surface area is 111 Å². The van der Waals surface area contributed by atoms with Crippen molar-refractivity contribution in [3.63, 3.8) is 0 Å². The molecule has 4 nitrogen and oxygen atoms in total. The Morgan fingerprint density at radius 3 is 2.79 bits per heavy atom. The van der Waals surface area contributed by atoms with Crippen LogP contribution in [0.4, 0.5) is 13.6 Å². The number of aliphatic hydroxyl groups excluding tert-OH is 1. The highest BCUT2D eigenvalue weighted by molar-refractivity contribution is 5.74. The molecule has 0 saturated heterocycles. The third-order valence-corrected chi connectivity index (χ3v) is 2.72. The number of hydrogen-bond acceptors (Lipinski definition) is 2. The van der Waals surface area contributed by atoms with Gasteiger partial charge in [0.05, 0.1) is 6.61 Å². The minimum Gasteiger partial charge on any atom is -0.395 e. The first-order chi connectivity index (χ1) is 9.08. The second-order valence-electron chi connectivity index (χ2n) is 4.02. The third kappa shape index (κ3) is 4.82.